The number of aromatic nitrogens is 6. The van der Waals surface area contributed by atoms with Gasteiger partial charge in [0, 0.05) is 29.7 Å². The van der Waals surface area contributed by atoms with Crippen LogP contribution in [0.1, 0.15) is 18.9 Å². The van der Waals surface area contributed by atoms with E-state index in [1.165, 1.54) is 11.8 Å². The van der Waals surface area contributed by atoms with Crippen LogP contribution < -0.4 is 11.0 Å². The second kappa shape index (κ2) is 7.21. The predicted octanol–water partition coefficient (Wildman–Crippen LogP) is 2.58. The van der Waals surface area contributed by atoms with Crippen LogP contribution in [0.25, 0.3) is 22.4 Å². The Kier molecular flexibility index (Phi) is 4.39. The van der Waals surface area contributed by atoms with Gasteiger partial charge in [-0.25, -0.2) is 4.79 Å². The minimum absolute atomic E-state index is 0.152. The van der Waals surface area contributed by atoms with Gasteiger partial charge in [-0.05, 0) is 43.2 Å². The molecule has 0 aliphatic heterocycles. The number of benzene rings is 1. The van der Waals surface area contributed by atoms with E-state index in [9.17, 15) is 9.59 Å². The Hall–Kier alpha value is -3.40. The summed E-state index contributed by atoms with van der Waals surface area (Å²) in [5, 5.41) is 12.2. The van der Waals surface area contributed by atoms with Crippen molar-refractivity contribution in [3.63, 3.8) is 0 Å². The maximum atomic E-state index is 12.4. The number of amides is 1. The molecular formula is C19H17N7O2S. The number of aromatic amines is 2. The molecule has 1 fully saturated rings. The molecule has 4 aromatic rings. The van der Waals surface area contributed by atoms with Crippen molar-refractivity contribution in [1.82, 2.24) is 29.7 Å². The van der Waals surface area contributed by atoms with Crippen molar-refractivity contribution in [1.29, 1.82) is 0 Å². The third kappa shape index (κ3) is 3.66. The van der Waals surface area contributed by atoms with Crippen LogP contribution in [0.5, 0.6) is 0 Å². The number of carbonyl (C=O) groups excluding carboxylic acids is 1. The lowest BCUT2D eigenvalue weighted by atomic mass is 10.3. The van der Waals surface area contributed by atoms with Crippen molar-refractivity contribution in [3.05, 3.63) is 53.2 Å². The van der Waals surface area contributed by atoms with Gasteiger partial charge in [-0.1, -0.05) is 11.8 Å². The van der Waals surface area contributed by atoms with Crippen molar-refractivity contribution < 1.29 is 4.79 Å². The molecule has 5 rings (SSSR count). The lowest BCUT2D eigenvalue weighted by Gasteiger charge is -2.09. The van der Waals surface area contributed by atoms with E-state index < -0.39 is 0 Å². The molecule has 1 saturated carbocycles. The fraction of sp³-hybridized carbons (Fsp3) is 0.211. The fourth-order valence-electron chi connectivity index (χ4n) is 3.17. The lowest BCUT2D eigenvalue weighted by Crippen LogP contribution is -2.14. The molecule has 1 aliphatic rings. The molecule has 0 atom stereocenters. The lowest BCUT2D eigenvalue weighted by molar-refractivity contribution is -0.113. The van der Waals surface area contributed by atoms with Crippen LogP contribution in [0.2, 0.25) is 0 Å². The highest BCUT2D eigenvalue weighted by Crippen LogP contribution is 2.40. The topological polar surface area (TPSA) is 121 Å². The van der Waals surface area contributed by atoms with Gasteiger partial charge in [0.2, 0.25) is 5.91 Å². The molecule has 146 valence electrons. The van der Waals surface area contributed by atoms with Crippen molar-refractivity contribution in [2.75, 3.05) is 11.1 Å². The molecule has 0 saturated heterocycles. The Balaban J connectivity index is 1.30. The molecule has 1 amide bonds. The van der Waals surface area contributed by atoms with Gasteiger partial charge >= 0.3 is 5.69 Å². The molecule has 3 aromatic heterocycles. The maximum Gasteiger partial charge on any atom is 0.323 e. The number of imidazole rings is 1. The molecule has 0 bridgehead atoms. The zero-order chi connectivity index (χ0) is 19.8. The number of nitrogens with one attached hydrogen (secondary N) is 3. The van der Waals surface area contributed by atoms with E-state index in [1.807, 2.05) is 12.1 Å². The van der Waals surface area contributed by atoms with Gasteiger partial charge in [0.15, 0.2) is 11.0 Å². The van der Waals surface area contributed by atoms with Gasteiger partial charge in [-0.15, -0.1) is 10.2 Å². The van der Waals surface area contributed by atoms with Crippen molar-refractivity contribution >= 4 is 34.4 Å². The van der Waals surface area contributed by atoms with Gasteiger partial charge in [0.25, 0.3) is 0 Å². The van der Waals surface area contributed by atoms with E-state index in [1.54, 1.807) is 30.6 Å². The van der Waals surface area contributed by atoms with Gasteiger partial charge in [-0.2, -0.15) is 0 Å². The van der Waals surface area contributed by atoms with Crippen LogP contribution in [0, 0.1) is 0 Å². The number of rotatable bonds is 6. The first-order valence-electron chi connectivity index (χ1n) is 9.17. The van der Waals surface area contributed by atoms with E-state index >= 15 is 0 Å². The Labute approximate surface area is 169 Å². The monoisotopic (exact) mass is 407 g/mol. The van der Waals surface area contributed by atoms with Crippen LogP contribution in [-0.4, -0.2) is 41.4 Å². The van der Waals surface area contributed by atoms with Gasteiger partial charge in [0.05, 0.1) is 16.8 Å². The number of thioether (sulfide) groups is 1. The average Bonchev–Trinajstić information content (AvgIpc) is 3.36. The second-order valence-electron chi connectivity index (χ2n) is 6.83. The normalized spacial score (nSPS) is 13.7. The second-order valence-corrected chi connectivity index (χ2v) is 7.77. The minimum Gasteiger partial charge on any atom is -0.325 e. The SMILES string of the molecule is O=C(CSc1nnc(-c2cccnc2)n1C1CC1)Nc1ccc2[nH]c(=O)[nH]c2c1. The van der Waals surface area contributed by atoms with E-state index in [0.717, 1.165) is 29.4 Å². The smallest absolute Gasteiger partial charge is 0.323 e. The van der Waals surface area contributed by atoms with Gasteiger partial charge < -0.3 is 15.3 Å². The van der Waals surface area contributed by atoms with Crippen molar-refractivity contribution in [2.45, 2.75) is 24.0 Å². The first-order chi connectivity index (χ1) is 14.2. The van der Waals surface area contributed by atoms with Crippen LogP contribution in [0.3, 0.4) is 0 Å². The first kappa shape index (κ1) is 17.7. The summed E-state index contributed by atoms with van der Waals surface area (Å²) in [5.41, 5.74) is 2.61. The van der Waals surface area contributed by atoms with E-state index in [-0.39, 0.29) is 17.3 Å². The summed E-state index contributed by atoms with van der Waals surface area (Å²) in [7, 11) is 0. The number of hydrogen-bond acceptors (Lipinski definition) is 6. The molecular weight excluding hydrogens is 390 g/mol. The number of H-pyrrole nitrogens is 2. The zero-order valence-electron chi connectivity index (χ0n) is 15.3. The van der Waals surface area contributed by atoms with Gasteiger partial charge in [0.1, 0.15) is 0 Å². The summed E-state index contributed by atoms with van der Waals surface area (Å²) in [6.07, 6.45) is 5.66. The van der Waals surface area contributed by atoms with Crippen molar-refractivity contribution in [2.24, 2.45) is 0 Å². The molecule has 0 unspecified atom stereocenters. The van der Waals surface area contributed by atoms with Crippen LogP contribution in [-0.2, 0) is 4.79 Å². The number of pyridine rings is 1. The molecule has 10 heteroatoms. The number of anilines is 1. The number of nitrogens with zero attached hydrogens (tertiary/aromatic N) is 4. The van der Waals surface area contributed by atoms with Crippen LogP contribution in [0.4, 0.5) is 5.69 Å². The third-order valence-corrected chi connectivity index (χ3v) is 5.57. The quantitative estimate of drug-likeness (QED) is 0.422. The molecule has 1 aromatic carbocycles. The van der Waals surface area contributed by atoms with E-state index in [2.05, 4.69) is 35.0 Å². The molecule has 0 radical (unpaired) electrons. The van der Waals surface area contributed by atoms with Crippen LogP contribution >= 0.6 is 11.8 Å². The molecule has 3 heterocycles. The largest absolute Gasteiger partial charge is 0.325 e. The van der Waals surface area contributed by atoms with Crippen LogP contribution in [0.15, 0.2) is 52.7 Å². The fourth-order valence-corrected chi connectivity index (χ4v) is 3.97. The predicted molar refractivity (Wildman–Crippen MR) is 110 cm³/mol. The Morgan fingerprint density at radius 2 is 2.07 bits per heavy atom. The number of fused-ring (bicyclic) bond motifs is 1. The Bertz CT molecular complexity index is 1240. The highest BCUT2D eigenvalue weighted by molar-refractivity contribution is 7.99. The summed E-state index contributed by atoms with van der Waals surface area (Å²) in [6.45, 7) is 0. The van der Waals surface area contributed by atoms with Crippen molar-refractivity contribution in [3.8, 4) is 11.4 Å². The Morgan fingerprint density at radius 3 is 2.86 bits per heavy atom. The first-order valence-corrected chi connectivity index (χ1v) is 10.2. The maximum absolute atomic E-state index is 12.4. The highest BCUT2D eigenvalue weighted by atomic mass is 32.2. The zero-order valence-corrected chi connectivity index (χ0v) is 16.1. The molecule has 9 nitrogen and oxygen atoms in total. The summed E-state index contributed by atoms with van der Waals surface area (Å²) < 4.78 is 2.10. The highest BCUT2D eigenvalue weighted by Gasteiger charge is 2.30. The molecule has 0 spiro atoms. The number of carbonyl (C=O) groups is 1. The van der Waals surface area contributed by atoms with Gasteiger partial charge in [-0.3, -0.25) is 14.3 Å². The summed E-state index contributed by atoms with van der Waals surface area (Å²) in [5.74, 6) is 0.838. The summed E-state index contributed by atoms with van der Waals surface area (Å²) >= 11 is 1.36. The van der Waals surface area contributed by atoms with E-state index in [4.69, 9.17) is 0 Å². The standard InChI is InChI=1S/C19H17N7O2S/c27-16(21-12-3-6-14-15(8-12)23-18(28)22-14)10-29-19-25-24-17(26(19)13-4-5-13)11-2-1-7-20-9-11/h1-3,6-9,13H,4-5,10H2,(H,21,27)(H2,22,23,28). The Morgan fingerprint density at radius 1 is 1.21 bits per heavy atom. The summed E-state index contributed by atoms with van der Waals surface area (Å²) in [4.78, 5) is 33.3. The third-order valence-electron chi connectivity index (χ3n) is 4.63. The van der Waals surface area contributed by atoms with E-state index in [0.29, 0.717) is 22.8 Å². The minimum atomic E-state index is -0.275. The molecule has 3 N–H and O–H groups in total. The number of hydrogen-bond donors (Lipinski definition) is 3. The molecule has 1 aliphatic carbocycles. The summed E-state index contributed by atoms with van der Waals surface area (Å²) in [6, 6.07) is 9.43. The average molecular weight is 407 g/mol. The molecule has 29 heavy (non-hydrogen) atoms.